The third kappa shape index (κ3) is 4.36. The van der Waals surface area contributed by atoms with E-state index in [2.05, 4.69) is 83.1 Å². The molecule has 0 amide bonds. The average molecular weight is 474 g/mol. The van der Waals surface area contributed by atoms with Gasteiger partial charge < -0.3 is 4.90 Å². The molecule has 0 radical (unpaired) electrons. The number of thiophene rings is 2. The second-order valence-corrected chi connectivity index (χ2v) is 9.70. The van der Waals surface area contributed by atoms with E-state index < -0.39 is 5.92 Å². The Hall–Kier alpha value is -4.16. The molecule has 0 saturated heterocycles. The Bertz CT molecular complexity index is 1440. The van der Waals surface area contributed by atoms with Gasteiger partial charge in [0, 0.05) is 31.7 Å². The van der Waals surface area contributed by atoms with Gasteiger partial charge in [-0.15, -0.1) is 22.7 Å². The van der Waals surface area contributed by atoms with Gasteiger partial charge in [-0.05, 0) is 71.1 Å². The number of anilines is 3. The minimum absolute atomic E-state index is 0.719. The fourth-order valence-corrected chi connectivity index (χ4v) is 5.57. The summed E-state index contributed by atoms with van der Waals surface area (Å²) in [5.74, 6) is -0.719. The monoisotopic (exact) mass is 473 g/mol. The number of nitrogens with zero attached hydrogens (tertiary/aromatic N) is 3. The van der Waals surface area contributed by atoms with E-state index >= 15 is 0 Å². The molecule has 3 nitrogen and oxygen atoms in total. The largest absolute Gasteiger partial charge is 0.311 e. The number of nitriles is 2. The summed E-state index contributed by atoms with van der Waals surface area (Å²) in [5.41, 5.74) is 5.51. The van der Waals surface area contributed by atoms with Crippen molar-refractivity contribution in [3.63, 3.8) is 0 Å². The van der Waals surface area contributed by atoms with Gasteiger partial charge >= 0.3 is 0 Å². The van der Waals surface area contributed by atoms with Crippen molar-refractivity contribution in [1.82, 2.24) is 0 Å². The quantitative estimate of drug-likeness (QED) is 0.248. The third-order valence-electron chi connectivity index (χ3n) is 5.53. The molecule has 0 unspecified atom stereocenters. The van der Waals surface area contributed by atoms with Crippen LogP contribution in [-0.4, -0.2) is 0 Å². The van der Waals surface area contributed by atoms with Gasteiger partial charge in [-0.2, -0.15) is 10.5 Å². The van der Waals surface area contributed by atoms with Crippen molar-refractivity contribution < 1.29 is 0 Å². The molecule has 0 fully saturated rings. The molecule has 2 heterocycles. The van der Waals surface area contributed by atoms with Gasteiger partial charge in [0.25, 0.3) is 0 Å². The van der Waals surface area contributed by atoms with Crippen molar-refractivity contribution >= 4 is 39.7 Å². The number of para-hydroxylation sites is 1. The molecule has 0 spiro atoms. The lowest BCUT2D eigenvalue weighted by molar-refractivity contribution is 1.14. The number of hydrogen-bond donors (Lipinski definition) is 0. The Labute approximate surface area is 207 Å². The van der Waals surface area contributed by atoms with E-state index in [1.54, 1.807) is 11.3 Å². The van der Waals surface area contributed by atoms with Crippen LogP contribution in [0.1, 0.15) is 10.8 Å². The Balaban J connectivity index is 1.48. The summed E-state index contributed by atoms with van der Waals surface area (Å²) in [6.45, 7) is 0. The molecule has 0 N–H and O–H groups in total. The first kappa shape index (κ1) is 21.7. The van der Waals surface area contributed by atoms with Crippen molar-refractivity contribution in [3.8, 4) is 33.0 Å². The summed E-state index contributed by atoms with van der Waals surface area (Å²) in [7, 11) is 0. The fourth-order valence-electron chi connectivity index (χ4n) is 3.84. The topological polar surface area (TPSA) is 50.8 Å². The van der Waals surface area contributed by atoms with Gasteiger partial charge in [-0.3, -0.25) is 0 Å². The smallest absolute Gasteiger partial charge is 0.167 e. The molecule has 0 atom stereocenters. The highest BCUT2D eigenvalue weighted by atomic mass is 32.1. The van der Waals surface area contributed by atoms with Crippen LogP contribution < -0.4 is 4.90 Å². The fraction of sp³-hybridized carbons (Fsp3) is 0.0345. The summed E-state index contributed by atoms with van der Waals surface area (Å²) in [4.78, 5) is 5.32. The van der Waals surface area contributed by atoms with Gasteiger partial charge in [0.05, 0.1) is 12.1 Å². The number of benzene rings is 3. The Morgan fingerprint density at radius 2 is 1.18 bits per heavy atom. The average Bonchev–Trinajstić information content (AvgIpc) is 3.60. The van der Waals surface area contributed by atoms with Crippen LogP contribution in [0.25, 0.3) is 20.9 Å². The van der Waals surface area contributed by atoms with Gasteiger partial charge in [0.1, 0.15) is 0 Å². The second-order valence-electron chi connectivity index (χ2n) is 7.64. The molecule has 0 saturated carbocycles. The normalized spacial score (nSPS) is 10.6. The molecule has 5 aromatic rings. The highest BCUT2D eigenvalue weighted by Gasteiger charge is 2.15. The summed E-state index contributed by atoms with van der Waals surface area (Å²) < 4.78 is 0. The minimum atomic E-state index is -0.719. The SMILES string of the molecule is N#CC(C#N)c1ccc(-c2ccc(N(c3ccccc3)c3ccc(-c4cccs4)cc3)cc2)s1. The van der Waals surface area contributed by atoms with Crippen LogP contribution in [0.5, 0.6) is 0 Å². The Kier molecular flexibility index (Phi) is 6.23. The first-order valence-corrected chi connectivity index (χ1v) is 12.4. The molecule has 3 aromatic carbocycles. The molecule has 0 aliphatic rings. The molecule has 0 aliphatic heterocycles. The van der Waals surface area contributed by atoms with Crippen LogP contribution in [0, 0.1) is 22.7 Å². The highest BCUT2D eigenvalue weighted by Crippen LogP contribution is 2.38. The zero-order chi connectivity index (χ0) is 23.3. The Morgan fingerprint density at radius 1 is 0.588 bits per heavy atom. The zero-order valence-corrected chi connectivity index (χ0v) is 19.8. The van der Waals surface area contributed by atoms with E-state index in [4.69, 9.17) is 0 Å². The first-order chi connectivity index (χ1) is 16.8. The zero-order valence-electron chi connectivity index (χ0n) is 18.1. The maximum atomic E-state index is 9.17. The maximum absolute atomic E-state index is 9.17. The molecule has 0 bridgehead atoms. The molecule has 5 rings (SSSR count). The molecular formula is C29H19N3S2. The van der Waals surface area contributed by atoms with Crippen molar-refractivity contribution in [3.05, 3.63) is 113 Å². The molecule has 162 valence electrons. The number of hydrogen-bond acceptors (Lipinski definition) is 5. The van der Waals surface area contributed by atoms with E-state index in [1.165, 1.54) is 21.8 Å². The molecule has 5 heteroatoms. The Morgan fingerprint density at radius 3 is 1.74 bits per heavy atom. The van der Waals surface area contributed by atoms with Crippen molar-refractivity contribution in [1.29, 1.82) is 10.5 Å². The van der Waals surface area contributed by atoms with Crippen LogP contribution in [0.3, 0.4) is 0 Å². The molecular weight excluding hydrogens is 454 g/mol. The lowest BCUT2D eigenvalue weighted by Gasteiger charge is -2.25. The number of rotatable bonds is 6. The second kappa shape index (κ2) is 9.77. The van der Waals surface area contributed by atoms with Gasteiger partial charge in [-0.25, -0.2) is 0 Å². The lowest BCUT2D eigenvalue weighted by Crippen LogP contribution is -2.09. The standard InChI is InChI=1S/C29H19N3S2/c30-19-23(20-31)29-17-16-28(34-29)22-10-14-26(15-11-22)32(24-5-2-1-3-6-24)25-12-8-21(9-13-25)27-7-4-18-33-27/h1-18,23H. The summed E-state index contributed by atoms with van der Waals surface area (Å²) in [6, 6.07) is 39.5. The summed E-state index contributed by atoms with van der Waals surface area (Å²) in [6.07, 6.45) is 0. The predicted molar refractivity (Wildman–Crippen MR) is 142 cm³/mol. The molecule has 0 aliphatic carbocycles. The van der Waals surface area contributed by atoms with Gasteiger partial charge in [-0.1, -0.05) is 48.5 Å². The molecule has 34 heavy (non-hydrogen) atoms. The van der Waals surface area contributed by atoms with Crippen LogP contribution >= 0.6 is 22.7 Å². The van der Waals surface area contributed by atoms with Gasteiger partial charge in [0.15, 0.2) is 5.92 Å². The van der Waals surface area contributed by atoms with Crippen LogP contribution in [0.2, 0.25) is 0 Å². The van der Waals surface area contributed by atoms with E-state index in [9.17, 15) is 10.5 Å². The van der Waals surface area contributed by atoms with Gasteiger partial charge in [0.2, 0.25) is 0 Å². The van der Waals surface area contributed by atoms with Crippen molar-refractivity contribution in [2.24, 2.45) is 0 Å². The van der Waals surface area contributed by atoms with E-state index in [1.807, 2.05) is 42.5 Å². The van der Waals surface area contributed by atoms with E-state index in [0.29, 0.717) is 0 Å². The van der Waals surface area contributed by atoms with Crippen molar-refractivity contribution in [2.75, 3.05) is 4.90 Å². The lowest BCUT2D eigenvalue weighted by atomic mass is 10.1. The predicted octanol–water partition coefficient (Wildman–Crippen LogP) is 8.74. The van der Waals surface area contributed by atoms with E-state index in [-0.39, 0.29) is 0 Å². The highest BCUT2D eigenvalue weighted by molar-refractivity contribution is 7.15. The maximum Gasteiger partial charge on any atom is 0.167 e. The minimum Gasteiger partial charge on any atom is -0.311 e. The van der Waals surface area contributed by atoms with Crippen LogP contribution in [0.4, 0.5) is 17.1 Å². The van der Waals surface area contributed by atoms with Crippen LogP contribution in [0.15, 0.2) is 109 Å². The van der Waals surface area contributed by atoms with Crippen LogP contribution in [-0.2, 0) is 0 Å². The van der Waals surface area contributed by atoms with Crippen molar-refractivity contribution in [2.45, 2.75) is 5.92 Å². The first-order valence-electron chi connectivity index (χ1n) is 10.8. The summed E-state index contributed by atoms with van der Waals surface area (Å²) >= 11 is 3.23. The molecule has 2 aromatic heterocycles. The summed E-state index contributed by atoms with van der Waals surface area (Å²) in [5, 5.41) is 20.4. The third-order valence-corrected chi connectivity index (χ3v) is 7.64. The van der Waals surface area contributed by atoms with E-state index in [0.717, 1.165) is 32.4 Å².